The summed E-state index contributed by atoms with van der Waals surface area (Å²) in [4.78, 5) is 19.4. The van der Waals surface area contributed by atoms with E-state index in [2.05, 4.69) is 16.0 Å². The third kappa shape index (κ3) is 2.38. The monoisotopic (exact) mass is 398 g/mol. The zero-order valence-corrected chi connectivity index (χ0v) is 13.6. The molecule has 4 nitrogen and oxygen atoms in total. The molecule has 0 aliphatic carbocycles. The number of thiophene rings is 1. The van der Waals surface area contributed by atoms with Crippen molar-refractivity contribution < 1.29 is 4.74 Å². The summed E-state index contributed by atoms with van der Waals surface area (Å²) in [5.41, 5.74) is 1.50. The number of nitrogens with zero attached hydrogens (tertiary/aromatic N) is 1. The second kappa shape index (κ2) is 5.63. The van der Waals surface area contributed by atoms with Gasteiger partial charge in [-0.15, -0.1) is 11.3 Å². The minimum Gasteiger partial charge on any atom is -0.378 e. The van der Waals surface area contributed by atoms with Crippen LogP contribution in [0.1, 0.15) is 5.69 Å². The number of benzene rings is 1. The molecule has 0 aliphatic heterocycles. The highest BCUT2D eigenvalue weighted by Gasteiger charge is 2.13. The molecule has 0 amide bonds. The first kappa shape index (κ1) is 13.7. The van der Waals surface area contributed by atoms with Crippen LogP contribution in [-0.2, 0) is 11.3 Å². The molecule has 2 aromatic heterocycles. The smallest absolute Gasteiger partial charge is 0.264 e. The van der Waals surface area contributed by atoms with Gasteiger partial charge in [-0.25, -0.2) is 4.98 Å². The topological polar surface area (TPSA) is 55.0 Å². The molecule has 0 fully saturated rings. The van der Waals surface area contributed by atoms with Gasteiger partial charge in [0.1, 0.15) is 9.39 Å². The number of aromatic nitrogens is 2. The maximum Gasteiger partial charge on any atom is 0.264 e. The van der Waals surface area contributed by atoms with E-state index in [1.807, 2.05) is 46.2 Å². The lowest BCUT2D eigenvalue weighted by Crippen LogP contribution is -2.16. The van der Waals surface area contributed by atoms with Crippen LogP contribution < -0.4 is 5.56 Å². The van der Waals surface area contributed by atoms with Crippen molar-refractivity contribution in [2.45, 2.75) is 6.61 Å². The summed E-state index contributed by atoms with van der Waals surface area (Å²) < 4.78 is 6.86. The molecule has 0 aliphatic rings. The summed E-state index contributed by atoms with van der Waals surface area (Å²) in [6.07, 6.45) is 0. The zero-order chi connectivity index (χ0) is 14.1. The van der Waals surface area contributed by atoms with Crippen molar-refractivity contribution in [1.82, 2.24) is 9.97 Å². The third-order valence-corrected chi connectivity index (χ3v) is 5.02. The Balaban J connectivity index is 2.22. The van der Waals surface area contributed by atoms with Crippen LogP contribution in [0.2, 0.25) is 0 Å². The molecular formula is C14H11IN2O2S. The molecule has 0 bridgehead atoms. The number of methoxy groups -OCH3 is 1. The van der Waals surface area contributed by atoms with Crippen LogP contribution in [0.25, 0.3) is 21.5 Å². The molecule has 0 saturated heterocycles. The van der Waals surface area contributed by atoms with Crippen LogP contribution in [0.3, 0.4) is 0 Å². The first-order valence-corrected chi connectivity index (χ1v) is 7.91. The molecule has 0 spiro atoms. The summed E-state index contributed by atoms with van der Waals surface area (Å²) in [7, 11) is 1.60. The van der Waals surface area contributed by atoms with E-state index < -0.39 is 0 Å². The normalized spacial score (nSPS) is 11.1. The first-order valence-electron chi connectivity index (χ1n) is 5.95. The summed E-state index contributed by atoms with van der Waals surface area (Å²) in [6.45, 7) is 0.331. The predicted molar refractivity (Wildman–Crippen MR) is 89.1 cm³/mol. The Kier molecular flexibility index (Phi) is 3.86. The van der Waals surface area contributed by atoms with E-state index in [9.17, 15) is 4.79 Å². The van der Waals surface area contributed by atoms with Crippen molar-refractivity contribution in [2.24, 2.45) is 0 Å². The Hall–Kier alpha value is -1.25. The van der Waals surface area contributed by atoms with E-state index in [4.69, 9.17) is 4.74 Å². The molecule has 1 aromatic carbocycles. The van der Waals surface area contributed by atoms with E-state index in [0.717, 1.165) is 10.9 Å². The SMILES string of the molecule is COCc1nc(-c2csc3ccccc23)[nH]c(=O)c1I. The second-order valence-corrected chi connectivity index (χ2v) is 6.24. The Morgan fingerprint density at radius 3 is 3.00 bits per heavy atom. The van der Waals surface area contributed by atoms with Gasteiger partial charge in [-0.1, -0.05) is 18.2 Å². The van der Waals surface area contributed by atoms with E-state index >= 15 is 0 Å². The minimum absolute atomic E-state index is 0.127. The number of hydrogen-bond acceptors (Lipinski definition) is 4. The largest absolute Gasteiger partial charge is 0.378 e. The molecule has 1 N–H and O–H groups in total. The summed E-state index contributed by atoms with van der Waals surface area (Å²) in [6, 6.07) is 8.09. The van der Waals surface area contributed by atoms with Gasteiger partial charge in [-0.2, -0.15) is 0 Å². The third-order valence-electron chi connectivity index (χ3n) is 2.95. The molecule has 2 heterocycles. The lowest BCUT2D eigenvalue weighted by molar-refractivity contribution is 0.180. The molecule has 0 saturated carbocycles. The van der Waals surface area contributed by atoms with Crippen LogP contribution in [0.15, 0.2) is 34.4 Å². The quantitative estimate of drug-likeness (QED) is 0.689. The molecule has 20 heavy (non-hydrogen) atoms. The minimum atomic E-state index is -0.127. The number of aromatic amines is 1. The average molecular weight is 398 g/mol. The van der Waals surface area contributed by atoms with Gasteiger partial charge in [0.05, 0.1) is 12.3 Å². The fourth-order valence-electron chi connectivity index (χ4n) is 2.03. The number of ether oxygens (including phenoxy) is 1. The van der Waals surface area contributed by atoms with Crippen LogP contribution in [-0.4, -0.2) is 17.1 Å². The maximum absolute atomic E-state index is 12.0. The number of fused-ring (bicyclic) bond motifs is 1. The van der Waals surface area contributed by atoms with E-state index in [0.29, 0.717) is 21.7 Å². The fraction of sp³-hybridized carbons (Fsp3) is 0.143. The lowest BCUT2D eigenvalue weighted by atomic mass is 10.1. The van der Waals surface area contributed by atoms with Gasteiger partial charge in [-0.3, -0.25) is 4.79 Å². The highest BCUT2D eigenvalue weighted by Crippen LogP contribution is 2.31. The van der Waals surface area contributed by atoms with Crippen molar-refractivity contribution in [3.05, 3.63) is 49.3 Å². The van der Waals surface area contributed by atoms with Crippen LogP contribution >= 0.6 is 33.9 Å². The standard InChI is InChI=1S/C14H11IN2O2S/c1-19-6-10-12(15)14(18)17-13(16-10)9-7-20-11-5-3-2-4-8(9)11/h2-5,7H,6H2,1H3,(H,16,17,18). The maximum atomic E-state index is 12.0. The molecular weight excluding hydrogens is 387 g/mol. The molecule has 0 radical (unpaired) electrons. The van der Waals surface area contributed by atoms with Crippen LogP contribution in [0.5, 0.6) is 0 Å². The van der Waals surface area contributed by atoms with E-state index in [-0.39, 0.29) is 5.56 Å². The van der Waals surface area contributed by atoms with Gasteiger partial charge < -0.3 is 9.72 Å². The van der Waals surface area contributed by atoms with E-state index in [1.165, 1.54) is 4.70 Å². The highest BCUT2D eigenvalue weighted by molar-refractivity contribution is 14.1. The van der Waals surface area contributed by atoms with E-state index in [1.54, 1.807) is 18.4 Å². The average Bonchev–Trinajstić information content (AvgIpc) is 2.88. The number of hydrogen-bond donors (Lipinski definition) is 1. The Morgan fingerprint density at radius 2 is 2.20 bits per heavy atom. The first-order chi connectivity index (χ1) is 9.70. The zero-order valence-electron chi connectivity index (χ0n) is 10.6. The van der Waals surface area contributed by atoms with Gasteiger partial charge in [0.2, 0.25) is 0 Å². The number of rotatable bonds is 3. The molecule has 6 heteroatoms. The number of H-pyrrole nitrogens is 1. The van der Waals surface area contributed by atoms with Crippen molar-refractivity contribution in [3.8, 4) is 11.4 Å². The fourth-order valence-corrected chi connectivity index (χ4v) is 3.38. The highest BCUT2D eigenvalue weighted by atomic mass is 127. The van der Waals surface area contributed by atoms with Gasteiger partial charge >= 0.3 is 0 Å². The summed E-state index contributed by atoms with van der Waals surface area (Å²) >= 11 is 3.64. The molecule has 3 aromatic rings. The summed E-state index contributed by atoms with van der Waals surface area (Å²) in [5.74, 6) is 0.597. The van der Waals surface area contributed by atoms with Crippen molar-refractivity contribution in [1.29, 1.82) is 0 Å². The molecule has 0 unspecified atom stereocenters. The summed E-state index contributed by atoms with van der Waals surface area (Å²) in [5, 5.41) is 3.12. The van der Waals surface area contributed by atoms with Crippen molar-refractivity contribution >= 4 is 44.0 Å². The predicted octanol–water partition coefficient (Wildman–Crippen LogP) is 3.40. The second-order valence-electron chi connectivity index (χ2n) is 4.25. The lowest BCUT2D eigenvalue weighted by Gasteiger charge is -2.05. The van der Waals surface area contributed by atoms with Crippen molar-refractivity contribution in [2.75, 3.05) is 7.11 Å². The number of halogens is 1. The Morgan fingerprint density at radius 1 is 1.40 bits per heavy atom. The molecule has 3 rings (SSSR count). The van der Waals surface area contributed by atoms with Crippen LogP contribution in [0, 0.1) is 3.57 Å². The van der Waals surface area contributed by atoms with Crippen molar-refractivity contribution in [3.63, 3.8) is 0 Å². The van der Waals surface area contributed by atoms with Gasteiger partial charge in [-0.05, 0) is 28.7 Å². The van der Waals surface area contributed by atoms with Gasteiger partial charge in [0, 0.05) is 28.1 Å². The molecule has 0 atom stereocenters. The Bertz CT molecular complexity index is 825. The Labute approximate surface area is 133 Å². The van der Waals surface area contributed by atoms with Gasteiger partial charge in [0.25, 0.3) is 5.56 Å². The van der Waals surface area contributed by atoms with Crippen LogP contribution in [0.4, 0.5) is 0 Å². The number of nitrogens with one attached hydrogen (secondary N) is 1. The molecule has 102 valence electrons. The van der Waals surface area contributed by atoms with Gasteiger partial charge in [0.15, 0.2) is 0 Å².